The Morgan fingerprint density at radius 1 is 1.29 bits per heavy atom. The molecule has 5 nitrogen and oxygen atoms in total. The minimum Gasteiger partial charge on any atom is -0.298 e. The molecule has 0 aliphatic carbocycles. The van der Waals surface area contributed by atoms with Gasteiger partial charge >= 0.3 is 0 Å². The Kier molecular flexibility index (Phi) is 3.96. The maximum Gasteiger partial charge on any atom is 0.123 e. The lowest BCUT2D eigenvalue weighted by molar-refractivity contribution is 0.199. The van der Waals surface area contributed by atoms with Gasteiger partial charge in [0, 0.05) is 48.4 Å². The van der Waals surface area contributed by atoms with Gasteiger partial charge in [0.1, 0.15) is 10.7 Å². The van der Waals surface area contributed by atoms with Crippen molar-refractivity contribution in [1.29, 1.82) is 0 Å². The standard InChI is InChI=1S/C18H25N5S/c1-12-13(2)24-18-17(20-14(3)23(12)18)16-6-5-7-22(11-16)10-15-8-19-21(4)9-15/h8-9,16H,5-7,10-11H2,1-4H3/t16-/m1/s1. The molecular weight excluding hydrogens is 318 g/mol. The van der Waals surface area contributed by atoms with Crippen LogP contribution in [0.15, 0.2) is 12.4 Å². The average molecular weight is 344 g/mol. The summed E-state index contributed by atoms with van der Waals surface area (Å²) < 4.78 is 4.23. The molecule has 0 aromatic carbocycles. The number of imidazole rings is 1. The van der Waals surface area contributed by atoms with Gasteiger partial charge < -0.3 is 0 Å². The second-order valence-electron chi connectivity index (χ2n) is 7.02. The fourth-order valence-corrected chi connectivity index (χ4v) is 5.11. The molecule has 1 aliphatic heterocycles. The summed E-state index contributed by atoms with van der Waals surface area (Å²) in [7, 11) is 1.98. The second-order valence-corrected chi connectivity index (χ2v) is 8.23. The van der Waals surface area contributed by atoms with Crippen molar-refractivity contribution in [2.24, 2.45) is 7.05 Å². The summed E-state index contributed by atoms with van der Waals surface area (Å²) >= 11 is 1.90. The van der Waals surface area contributed by atoms with Gasteiger partial charge in [-0.25, -0.2) is 4.98 Å². The van der Waals surface area contributed by atoms with Gasteiger partial charge in [-0.2, -0.15) is 5.10 Å². The lowest BCUT2D eigenvalue weighted by atomic mass is 9.95. The first-order valence-corrected chi connectivity index (χ1v) is 9.49. The molecule has 0 saturated carbocycles. The molecule has 1 fully saturated rings. The molecule has 0 unspecified atom stereocenters. The van der Waals surface area contributed by atoms with Crippen molar-refractivity contribution in [3.8, 4) is 0 Å². The monoisotopic (exact) mass is 343 g/mol. The van der Waals surface area contributed by atoms with E-state index in [1.165, 1.54) is 46.0 Å². The Labute approximate surface area is 146 Å². The molecule has 0 amide bonds. The zero-order valence-corrected chi connectivity index (χ0v) is 15.7. The van der Waals surface area contributed by atoms with Crippen LogP contribution in [-0.2, 0) is 13.6 Å². The first kappa shape index (κ1) is 15.8. The molecule has 0 radical (unpaired) electrons. The van der Waals surface area contributed by atoms with E-state index in [4.69, 9.17) is 4.98 Å². The van der Waals surface area contributed by atoms with Crippen LogP contribution in [0.4, 0.5) is 0 Å². The Hall–Kier alpha value is -1.66. The summed E-state index contributed by atoms with van der Waals surface area (Å²) in [5, 5.41) is 4.29. The van der Waals surface area contributed by atoms with E-state index in [1.807, 2.05) is 29.3 Å². The molecule has 24 heavy (non-hydrogen) atoms. The average Bonchev–Trinajstić information content (AvgIpc) is 3.18. The molecule has 1 saturated heterocycles. The number of nitrogens with zero attached hydrogens (tertiary/aromatic N) is 5. The van der Waals surface area contributed by atoms with Crippen LogP contribution in [0.3, 0.4) is 0 Å². The minimum atomic E-state index is 0.538. The Bertz CT molecular complexity index is 872. The van der Waals surface area contributed by atoms with Crippen molar-refractivity contribution in [2.75, 3.05) is 13.1 Å². The van der Waals surface area contributed by atoms with E-state index in [9.17, 15) is 0 Å². The van der Waals surface area contributed by atoms with Gasteiger partial charge in [0.05, 0.1) is 11.9 Å². The number of likely N-dealkylation sites (tertiary alicyclic amines) is 1. The lowest BCUT2D eigenvalue weighted by Gasteiger charge is -2.31. The number of hydrogen-bond acceptors (Lipinski definition) is 4. The van der Waals surface area contributed by atoms with E-state index in [0.29, 0.717) is 5.92 Å². The normalized spacial score (nSPS) is 19.4. The maximum atomic E-state index is 4.95. The molecule has 4 heterocycles. The van der Waals surface area contributed by atoms with E-state index in [2.05, 4.69) is 41.4 Å². The van der Waals surface area contributed by atoms with Gasteiger partial charge in [-0.05, 0) is 40.2 Å². The summed E-state index contributed by atoms with van der Waals surface area (Å²) in [6.45, 7) is 9.80. The van der Waals surface area contributed by atoms with Crippen LogP contribution in [-0.4, -0.2) is 37.2 Å². The predicted octanol–water partition coefficient (Wildman–Crippen LogP) is 3.43. The topological polar surface area (TPSA) is 38.4 Å². The third kappa shape index (κ3) is 2.67. The Balaban J connectivity index is 1.59. The van der Waals surface area contributed by atoms with Crippen molar-refractivity contribution in [2.45, 2.75) is 46.1 Å². The quantitative estimate of drug-likeness (QED) is 0.731. The van der Waals surface area contributed by atoms with Gasteiger partial charge in [0.2, 0.25) is 0 Å². The molecule has 6 heteroatoms. The van der Waals surface area contributed by atoms with E-state index in [1.54, 1.807) is 0 Å². The van der Waals surface area contributed by atoms with Crippen molar-refractivity contribution >= 4 is 16.2 Å². The summed E-state index contributed by atoms with van der Waals surface area (Å²) in [6.07, 6.45) is 6.58. The highest BCUT2D eigenvalue weighted by Crippen LogP contribution is 2.35. The van der Waals surface area contributed by atoms with Crippen LogP contribution in [0.2, 0.25) is 0 Å². The zero-order chi connectivity index (χ0) is 16.8. The van der Waals surface area contributed by atoms with Crippen LogP contribution in [0.25, 0.3) is 4.83 Å². The predicted molar refractivity (Wildman–Crippen MR) is 97.7 cm³/mol. The number of hydrogen-bond donors (Lipinski definition) is 0. The lowest BCUT2D eigenvalue weighted by Crippen LogP contribution is -2.34. The number of aryl methyl sites for hydroxylation is 4. The van der Waals surface area contributed by atoms with Crippen molar-refractivity contribution in [3.63, 3.8) is 0 Å². The molecule has 1 atom stereocenters. The first-order valence-electron chi connectivity index (χ1n) is 8.67. The summed E-state index contributed by atoms with van der Waals surface area (Å²) in [4.78, 5) is 10.3. The molecule has 0 N–H and O–H groups in total. The van der Waals surface area contributed by atoms with Crippen molar-refractivity contribution in [3.05, 3.63) is 40.0 Å². The highest BCUT2D eigenvalue weighted by Gasteiger charge is 2.27. The zero-order valence-electron chi connectivity index (χ0n) is 14.9. The maximum absolute atomic E-state index is 4.95. The minimum absolute atomic E-state index is 0.538. The molecular formula is C18H25N5S. The van der Waals surface area contributed by atoms with Gasteiger partial charge in [0.15, 0.2) is 0 Å². The molecule has 0 bridgehead atoms. The third-order valence-electron chi connectivity index (χ3n) is 5.18. The summed E-state index contributed by atoms with van der Waals surface area (Å²) in [6, 6.07) is 0. The van der Waals surface area contributed by atoms with Crippen molar-refractivity contribution in [1.82, 2.24) is 24.1 Å². The molecule has 3 aromatic heterocycles. The van der Waals surface area contributed by atoms with E-state index in [0.717, 1.165) is 18.9 Å². The van der Waals surface area contributed by atoms with Crippen LogP contribution in [0.1, 0.15) is 46.4 Å². The smallest absolute Gasteiger partial charge is 0.123 e. The van der Waals surface area contributed by atoms with Crippen molar-refractivity contribution < 1.29 is 0 Å². The molecule has 4 rings (SSSR count). The Morgan fingerprint density at radius 3 is 2.88 bits per heavy atom. The fourth-order valence-electron chi connectivity index (χ4n) is 3.90. The summed E-state index contributed by atoms with van der Waals surface area (Å²) in [5.74, 6) is 1.67. The fraction of sp³-hybridized carbons (Fsp3) is 0.556. The number of aromatic nitrogens is 4. The van der Waals surface area contributed by atoms with Crippen LogP contribution in [0, 0.1) is 20.8 Å². The van der Waals surface area contributed by atoms with Gasteiger partial charge in [-0.3, -0.25) is 14.0 Å². The van der Waals surface area contributed by atoms with E-state index >= 15 is 0 Å². The Morgan fingerprint density at radius 2 is 2.12 bits per heavy atom. The van der Waals surface area contributed by atoms with E-state index < -0.39 is 0 Å². The SMILES string of the molecule is Cc1sc2c([C@@H]3CCCN(Cc4cnn(C)c4)C3)nc(C)n2c1C. The van der Waals surface area contributed by atoms with E-state index in [-0.39, 0.29) is 0 Å². The number of piperidine rings is 1. The third-order valence-corrected chi connectivity index (χ3v) is 6.37. The first-order chi connectivity index (χ1) is 11.5. The summed E-state index contributed by atoms with van der Waals surface area (Å²) in [5.41, 5.74) is 3.95. The second kappa shape index (κ2) is 6.01. The number of thiazole rings is 1. The molecule has 128 valence electrons. The largest absolute Gasteiger partial charge is 0.298 e. The molecule has 0 spiro atoms. The molecule has 1 aliphatic rings. The van der Waals surface area contributed by atoms with Crippen LogP contribution >= 0.6 is 11.3 Å². The highest BCUT2D eigenvalue weighted by atomic mass is 32.1. The molecule has 3 aromatic rings. The van der Waals surface area contributed by atoms with Gasteiger partial charge in [-0.1, -0.05) is 0 Å². The van der Waals surface area contributed by atoms with Gasteiger partial charge in [-0.15, -0.1) is 11.3 Å². The van der Waals surface area contributed by atoms with Crippen LogP contribution in [0.5, 0.6) is 0 Å². The number of rotatable bonds is 3. The number of fused-ring (bicyclic) bond motifs is 1. The van der Waals surface area contributed by atoms with Crippen LogP contribution < -0.4 is 0 Å². The highest BCUT2D eigenvalue weighted by molar-refractivity contribution is 7.17. The van der Waals surface area contributed by atoms with Gasteiger partial charge in [0.25, 0.3) is 0 Å².